The van der Waals surface area contributed by atoms with Crippen LogP contribution in [0.4, 0.5) is 5.82 Å². The van der Waals surface area contributed by atoms with Gasteiger partial charge in [0.15, 0.2) is 0 Å². The molecule has 0 aliphatic carbocycles. The average Bonchev–Trinajstić information content (AvgIpc) is 3.13. The van der Waals surface area contributed by atoms with Crippen LogP contribution in [0.1, 0.15) is 28.5 Å². The summed E-state index contributed by atoms with van der Waals surface area (Å²) in [5.74, 6) is 0.813. The first-order valence-corrected chi connectivity index (χ1v) is 8.11. The maximum Gasteiger partial charge on any atom is 0.255 e. The van der Waals surface area contributed by atoms with Gasteiger partial charge >= 0.3 is 0 Å². The Morgan fingerprint density at radius 1 is 1.29 bits per heavy atom. The van der Waals surface area contributed by atoms with E-state index in [1.54, 1.807) is 4.68 Å². The van der Waals surface area contributed by atoms with Crippen LogP contribution in [0.25, 0.3) is 11.0 Å². The van der Waals surface area contributed by atoms with Gasteiger partial charge in [-0.05, 0) is 31.0 Å². The number of furan rings is 1. The van der Waals surface area contributed by atoms with Crippen molar-refractivity contribution in [2.24, 2.45) is 7.05 Å². The quantitative estimate of drug-likeness (QED) is 0.683. The number of benzene rings is 1. The minimum atomic E-state index is -0.120. The summed E-state index contributed by atoms with van der Waals surface area (Å²) in [6, 6.07) is 7.92. The van der Waals surface area contributed by atoms with Crippen molar-refractivity contribution in [3.05, 3.63) is 47.3 Å². The van der Waals surface area contributed by atoms with Gasteiger partial charge in [0.05, 0.1) is 11.3 Å². The summed E-state index contributed by atoms with van der Waals surface area (Å²) in [5, 5.41) is 11.3. The molecule has 0 atom stereocenters. The molecule has 24 heavy (non-hydrogen) atoms. The summed E-state index contributed by atoms with van der Waals surface area (Å²) in [5.41, 5.74) is 3.46. The molecule has 0 radical (unpaired) electrons. The Balaban J connectivity index is 1.60. The first kappa shape index (κ1) is 16.1. The minimum Gasteiger partial charge on any atom is -0.463 e. The van der Waals surface area contributed by atoms with E-state index in [1.165, 1.54) is 11.8 Å². The molecule has 2 heterocycles. The zero-order valence-corrected chi connectivity index (χ0v) is 14.2. The summed E-state index contributed by atoms with van der Waals surface area (Å²) >= 11 is 0. The molecule has 2 N–H and O–H groups in total. The normalized spacial score (nSPS) is 11.0. The largest absolute Gasteiger partial charge is 0.463 e. The molecule has 3 rings (SSSR count). The number of fused-ring (bicyclic) bond motifs is 1. The predicted octanol–water partition coefficient (Wildman–Crippen LogP) is 2.88. The van der Waals surface area contributed by atoms with Gasteiger partial charge in [-0.1, -0.05) is 13.0 Å². The van der Waals surface area contributed by atoms with Crippen LogP contribution in [0.2, 0.25) is 0 Å². The lowest BCUT2D eigenvalue weighted by molar-refractivity contribution is 0.0956. The van der Waals surface area contributed by atoms with Gasteiger partial charge in [0.25, 0.3) is 5.91 Å². The highest BCUT2D eigenvalue weighted by atomic mass is 16.3. The minimum absolute atomic E-state index is 0.120. The smallest absolute Gasteiger partial charge is 0.255 e. The number of hydrogen-bond donors (Lipinski definition) is 2. The Morgan fingerprint density at radius 3 is 2.83 bits per heavy atom. The van der Waals surface area contributed by atoms with Crippen LogP contribution in [0.15, 0.2) is 34.9 Å². The van der Waals surface area contributed by atoms with Crippen molar-refractivity contribution in [1.29, 1.82) is 0 Å². The molecule has 0 unspecified atom stereocenters. The fourth-order valence-corrected chi connectivity index (χ4v) is 2.71. The number of aryl methyl sites for hydroxylation is 3. The van der Waals surface area contributed by atoms with Crippen LogP contribution < -0.4 is 10.6 Å². The molecule has 0 spiro atoms. The zero-order valence-electron chi connectivity index (χ0n) is 14.2. The standard InChI is InChI=1S/C18H22N4O2/c1-4-13-5-6-16-14(10-13)15(11-24-16)18(23)20-8-7-19-17-9-12(2)21-22(17)3/h5-6,9-11,19H,4,7-8H2,1-3H3,(H,20,23). The molecule has 0 aliphatic rings. The highest BCUT2D eigenvalue weighted by Gasteiger charge is 2.13. The van der Waals surface area contributed by atoms with Crippen molar-refractivity contribution in [3.8, 4) is 0 Å². The van der Waals surface area contributed by atoms with E-state index in [0.717, 1.165) is 28.9 Å². The lowest BCUT2D eigenvalue weighted by Gasteiger charge is -2.07. The Hall–Kier alpha value is -2.76. The van der Waals surface area contributed by atoms with E-state index in [4.69, 9.17) is 4.42 Å². The Kier molecular flexibility index (Phi) is 4.55. The molecule has 0 aliphatic heterocycles. The summed E-state index contributed by atoms with van der Waals surface area (Å²) in [4.78, 5) is 12.4. The summed E-state index contributed by atoms with van der Waals surface area (Å²) in [7, 11) is 1.89. The fourth-order valence-electron chi connectivity index (χ4n) is 2.71. The van der Waals surface area contributed by atoms with Crippen molar-refractivity contribution in [2.45, 2.75) is 20.3 Å². The zero-order chi connectivity index (χ0) is 17.1. The van der Waals surface area contributed by atoms with Crippen molar-refractivity contribution >= 4 is 22.7 Å². The van der Waals surface area contributed by atoms with E-state index in [0.29, 0.717) is 18.7 Å². The first-order valence-electron chi connectivity index (χ1n) is 8.11. The molecule has 6 heteroatoms. The third-order valence-electron chi connectivity index (χ3n) is 4.01. The van der Waals surface area contributed by atoms with Gasteiger partial charge < -0.3 is 15.1 Å². The van der Waals surface area contributed by atoms with E-state index < -0.39 is 0 Å². The number of aromatic nitrogens is 2. The maximum absolute atomic E-state index is 12.4. The van der Waals surface area contributed by atoms with Crippen LogP contribution in [-0.4, -0.2) is 28.8 Å². The molecular weight excluding hydrogens is 304 g/mol. The highest BCUT2D eigenvalue weighted by molar-refractivity contribution is 6.06. The monoisotopic (exact) mass is 326 g/mol. The lowest BCUT2D eigenvalue weighted by Crippen LogP contribution is -2.28. The molecule has 1 amide bonds. The molecule has 1 aromatic carbocycles. The van der Waals surface area contributed by atoms with Gasteiger partial charge in [-0.25, -0.2) is 0 Å². The van der Waals surface area contributed by atoms with Gasteiger partial charge in [-0.2, -0.15) is 5.10 Å². The second-order valence-corrected chi connectivity index (χ2v) is 5.81. The molecule has 0 saturated carbocycles. The van der Waals surface area contributed by atoms with E-state index in [2.05, 4.69) is 22.7 Å². The van der Waals surface area contributed by atoms with Crippen molar-refractivity contribution in [3.63, 3.8) is 0 Å². The van der Waals surface area contributed by atoms with Crippen LogP contribution in [0.5, 0.6) is 0 Å². The summed E-state index contributed by atoms with van der Waals surface area (Å²) in [6.07, 6.45) is 2.45. The lowest BCUT2D eigenvalue weighted by atomic mass is 10.1. The van der Waals surface area contributed by atoms with Crippen LogP contribution in [0.3, 0.4) is 0 Å². The molecule has 126 valence electrons. The maximum atomic E-state index is 12.4. The topological polar surface area (TPSA) is 72.1 Å². The van der Waals surface area contributed by atoms with Crippen LogP contribution in [-0.2, 0) is 13.5 Å². The van der Waals surface area contributed by atoms with Gasteiger partial charge in [0, 0.05) is 31.6 Å². The number of carbonyl (C=O) groups is 1. The van der Waals surface area contributed by atoms with Gasteiger partial charge in [0.2, 0.25) is 0 Å². The number of nitrogens with zero attached hydrogens (tertiary/aromatic N) is 2. The highest BCUT2D eigenvalue weighted by Crippen LogP contribution is 2.22. The average molecular weight is 326 g/mol. The van der Waals surface area contributed by atoms with E-state index >= 15 is 0 Å². The van der Waals surface area contributed by atoms with E-state index in [-0.39, 0.29) is 5.91 Å². The third-order valence-corrected chi connectivity index (χ3v) is 4.01. The predicted molar refractivity (Wildman–Crippen MR) is 94.4 cm³/mol. The molecular formula is C18H22N4O2. The first-order chi connectivity index (χ1) is 11.6. The molecule has 2 aromatic heterocycles. The number of rotatable bonds is 6. The van der Waals surface area contributed by atoms with Crippen molar-refractivity contribution in [2.75, 3.05) is 18.4 Å². The second kappa shape index (κ2) is 6.78. The molecule has 6 nitrogen and oxygen atoms in total. The van der Waals surface area contributed by atoms with E-state index in [9.17, 15) is 4.79 Å². The van der Waals surface area contributed by atoms with Crippen LogP contribution in [0, 0.1) is 6.92 Å². The summed E-state index contributed by atoms with van der Waals surface area (Å²) in [6.45, 7) is 5.18. The molecule has 0 saturated heterocycles. The summed E-state index contributed by atoms with van der Waals surface area (Å²) < 4.78 is 7.26. The fraction of sp³-hybridized carbons (Fsp3) is 0.333. The van der Waals surface area contributed by atoms with E-state index in [1.807, 2.05) is 38.2 Å². The van der Waals surface area contributed by atoms with Crippen molar-refractivity contribution in [1.82, 2.24) is 15.1 Å². The Labute approximate surface area is 140 Å². The third kappa shape index (κ3) is 3.27. The number of amides is 1. The second-order valence-electron chi connectivity index (χ2n) is 5.81. The number of anilines is 1. The van der Waals surface area contributed by atoms with Gasteiger partial charge in [-0.15, -0.1) is 0 Å². The molecule has 0 bridgehead atoms. The molecule has 3 aromatic rings. The van der Waals surface area contributed by atoms with Gasteiger partial charge in [0.1, 0.15) is 17.7 Å². The van der Waals surface area contributed by atoms with Crippen molar-refractivity contribution < 1.29 is 9.21 Å². The van der Waals surface area contributed by atoms with Gasteiger partial charge in [-0.3, -0.25) is 9.48 Å². The number of nitrogens with one attached hydrogen (secondary N) is 2. The SMILES string of the molecule is CCc1ccc2occ(C(=O)NCCNc3cc(C)nn3C)c2c1. The van der Waals surface area contributed by atoms with Crippen LogP contribution >= 0.6 is 0 Å². The number of carbonyl (C=O) groups excluding carboxylic acids is 1. The Bertz CT molecular complexity index is 863. The Morgan fingerprint density at radius 2 is 2.12 bits per heavy atom. The number of hydrogen-bond acceptors (Lipinski definition) is 4. The molecule has 0 fully saturated rings.